The van der Waals surface area contributed by atoms with Crippen molar-refractivity contribution in [2.45, 2.75) is 0 Å². The van der Waals surface area contributed by atoms with Gasteiger partial charge < -0.3 is 0 Å². The van der Waals surface area contributed by atoms with Crippen LogP contribution >= 0.6 is 54.7 Å². The molecule has 0 aromatic carbocycles. The number of carbonyl (C=O) groups is 1. The van der Waals surface area contributed by atoms with Crippen LogP contribution in [-0.4, -0.2) is 22.2 Å². The van der Waals surface area contributed by atoms with Crippen molar-refractivity contribution >= 4 is 60.6 Å². The van der Waals surface area contributed by atoms with Gasteiger partial charge in [-0.25, -0.2) is 4.98 Å². The number of halogens is 1. The van der Waals surface area contributed by atoms with Crippen molar-refractivity contribution in [1.29, 1.82) is 0 Å². The van der Waals surface area contributed by atoms with E-state index in [1.165, 1.54) is 16.2 Å². The number of nitrogens with zero attached hydrogens (tertiary/aromatic N) is 1. The van der Waals surface area contributed by atoms with E-state index in [2.05, 4.69) is 34.0 Å². The summed E-state index contributed by atoms with van der Waals surface area (Å²) in [5.74, 6) is -0.406. The first-order valence-corrected chi connectivity index (χ1v) is 9.74. The van der Waals surface area contributed by atoms with Crippen molar-refractivity contribution in [2.75, 3.05) is 11.3 Å². The summed E-state index contributed by atoms with van der Waals surface area (Å²) in [7, 11) is -0.167. The Kier molecular flexibility index (Phi) is 5.10. The van der Waals surface area contributed by atoms with Gasteiger partial charge in [0.2, 0.25) is 0 Å². The van der Waals surface area contributed by atoms with E-state index >= 15 is 0 Å². The van der Waals surface area contributed by atoms with Gasteiger partial charge in [-0.05, 0) is 6.26 Å². The maximum absolute atomic E-state index is 12.6. The fourth-order valence-electron chi connectivity index (χ4n) is 0.713. The first-order chi connectivity index (χ1) is 6.94. The van der Waals surface area contributed by atoms with Crippen LogP contribution in [0.1, 0.15) is 10.5 Å². The van der Waals surface area contributed by atoms with E-state index < -0.39 is 19.4 Å². The Morgan fingerprint density at radius 2 is 2.53 bits per heavy atom. The fraction of sp³-hybridized carbons (Fsp3) is 0.333. The predicted molar refractivity (Wildman–Crippen MR) is 73.5 cm³/mol. The van der Waals surface area contributed by atoms with Crippen molar-refractivity contribution < 1.29 is 9.18 Å². The number of rotatable bonds is 4. The van der Waals surface area contributed by atoms with E-state index in [4.69, 9.17) is 0 Å². The molecule has 1 atom stereocenters. The van der Waals surface area contributed by atoms with Gasteiger partial charge in [0.1, 0.15) is 5.69 Å². The molecule has 0 aliphatic rings. The molecule has 1 amide bonds. The number of nitrogens with one attached hydrogen (secondary N) is 1. The number of amides is 1. The zero-order valence-electron chi connectivity index (χ0n) is 7.64. The molecule has 3 nitrogen and oxygen atoms in total. The summed E-state index contributed by atoms with van der Waals surface area (Å²) in [5, 5.41) is 1.32. The van der Waals surface area contributed by atoms with Gasteiger partial charge in [-0.15, -0.1) is 11.7 Å². The molecule has 0 radical (unpaired) electrons. The molecule has 0 saturated heterocycles. The maximum atomic E-state index is 12.6. The summed E-state index contributed by atoms with van der Waals surface area (Å²) < 4.78 is 15.3. The predicted octanol–water partition coefficient (Wildman–Crippen LogP) is 2.74. The zero-order chi connectivity index (χ0) is 11.5. The molecule has 1 heterocycles. The van der Waals surface area contributed by atoms with Crippen molar-refractivity contribution in [2.24, 2.45) is 0 Å². The minimum atomic E-state index is -1.59. The highest BCUT2D eigenvalue weighted by atomic mass is 33.5. The van der Waals surface area contributed by atoms with Crippen LogP contribution in [0, 0.1) is 5.26 Å². The van der Waals surface area contributed by atoms with Crippen LogP contribution in [0.25, 0.3) is 0 Å². The monoisotopic (exact) mass is 304 g/mol. The minimum Gasteiger partial charge on any atom is -0.296 e. The molecule has 1 aromatic rings. The number of hydrogen-bond donors (Lipinski definition) is 3. The lowest BCUT2D eigenvalue weighted by Gasteiger charge is -2.28. The quantitative estimate of drug-likeness (QED) is 0.455. The smallest absolute Gasteiger partial charge is 0.280 e. The standard InChI is InChI=1S/C6H9FN2OS5/c1-15(12,14-3-11)9-5(10)4-2-13-6(7)8-4/h2,11-12H,3H2,1H3,(H,9,10). The van der Waals surface area contributed by atoms with Crippen molar-refractivity contribution in [3.8, 4) is 0 Å². The highest BCUT2D eigenvalue weighted by Gasteiger charge is 2.19. The summed E-state index contributed by atoms with van der Waals surface area (Å²) in [5.41, 5.74) is 0.0880. The number of thiol groups is 2. The highest BCUT2D eigenvalue weighted by molar-refractivity contribution is 9.21. The molecule has 1 aromatic heterocycles. The van der Waals surface area contributed by atoms with Gasteiger partial charge in [-0.2, -0.15) is 17.0 Å². The molecule has 0 fully saturated rings. The molecular formula is C6H9FN2OS5. The van der Waals surface area contributed by atoms with E-state index in [0.29, 0.717) is 5.08 Å². The lowest BCUT2D eigenvalue weighted by Crippen LogP contribution is -2.22. The molecule has 0 aliphatic heterocycles. The van der Waals surface area contributed by atoms with Crippen LogP contribution in [0.4, 0.5) is 4.39 Å². The van der Waals surface area contributed by atoms with Crippen molar-refractivity contribution in [1.82, 2.24) is 9.71 Å². The minimum absolute atomic E-state index is 0.0880. The van der Waals surface area contributed by atoms with Crippen LogP contribution in [0.5, 0.6) is 0 Å². The Bertz CT molecular complexity index is 355. The van der Waals surface area contributed by atoms with Crippen LogP contribution in [0.3, 0.4) is 0 Å². The van der Waals surface area contributed by atoms with Crippen molar-refractivity contribution in [3.05, 3.63) is 16.3 Å². The Morgan fingerprint density at radius 1 is 1.87 bits per heavy atom. The summed E-state index contributed by atoms with van der Waals surface area (Å²) in [6.07, 6.45) is 1.80. The van der Waals surface area contributed by atoms with E-state index in [-0.39, 0.29) is 5.69 Å². The third-order valence-corrected chi connectivity index (χ3v) is 7.14. The molecule has 9 heteroatoms. The highest BCUT2D eigenvalue weighted by Crippen LogP contribution is 2.57. The van der Waals surface area contributed by atoms with Crippen LogP contribution in [0.15, 0.2) is 5.38 Å². The van der Waals surface area contributed by atoms with Crippen LogP contribution in [0.2, 0.25) is 0 Å². The molecule has 0 bridgehead atoms. The molecule has 0 spiro atoms. The third-order valence-electron chi connectivity index (χ3n) is 1.27. The Hall–Kier alpha value is 0.430. The Morgan fingerprint density at radius 3 is 3.00 bits per heavy atom. The fourth-order valence-corrected chi connectivity index (χ4v) is 6.33. The first kappa shape index (κ1) is 13.5. The average molecular weight is 304 g/mol. The van der Waals surface area contributed by atoms with Crippen molar-refractivity contribution in [3.63, 3.8) is 0 Å². The normalized spacial score (nSPS) is 16.8. The number of aromatic nitrogens is 1. The van der Waals surface area contributed by atoms with Crippen LogP contribution in [-0.2, 0) is 0 Å². The van der Waals surface area contributed by atoms with Gasteiger partial charge in [0.25, 0.3) is 11.2 Å². The summed E-state index contributed by atoms with van der Waals surface area (Å²) in [6.45, 7) is 0. The molecule has 1 rings (SSSR count). The number of carbonyl (C=O) groups excluding carboxylic acids is 1. The topological polar surface area (TPSA) is 42.0 Å². The second kappa shape index (κ2) is 5.67. The van der Waals surface area contributed by atoms with Gasteiger partial charge in [0.05, 0.1) is 0 Å². The number of thiazole rings is 1. The molecule has 0 saturated carbocycles. The average Bonchev–Trinajstić information content (AvgIpc) is 2.50. The largest absolute Gasteiger partial charge is 0.296 e. The first-order valence-electron chi connectivity index (χ1n) is 3.64. The molecule has 0 aliphatic carbocycles. The zero-order valence-corrected chi connectivity index (χ0v) is 11.9. The van der Waals surface area contributed by atoms with E-state index in [0.717, 1.165) is 11.3 Å². The lowest BCUT2D eigenvalue weighted by molar-refractivity contribution is 0.0979. The molecule has 1 N–H and O–H groups in total. The van der Waals surface area contributed by atoms with Gasteiger partial charge in [0, 0.05) is 10.5 Å². The summed E-state index contributed by atoms with van der Waals surface area (Å²) in [4.78, 5) is 15.0. The van der Waals surface area contributed by atoms with Gasteiger partial charge in [-0.1, -0.05) is 30.4 Å². The molecular weight excluding hydrogens is 295 g/mol. The SMILES string of the molecule is CS(S)(NC(=O)c1csc(F)n1)SCS. The van der Waals surface area contributed by atoms with E-state index in [9.17, 15) is 9.18 Å². The van der Waals surface area contributed by atoms with Gasteiger partial charge >= 0.3 is 0 Å². The Balaban J connectivity index is 2.63. The van der Waals surface area contributed by atoms with E-state index in [1.54, 1.807) is 6.26 Å². The Labute approximate surface area is 107 Å². The molecule has 86 valence electrons. The second-order valence-electron chi connectivity index (χ2n) is 2.47. The van der Waals surface area contributed by atoms with E-state index in [1.807, 2.05) is 0 Å². The second-order valence-corrected chi connectivity index (χ2v) is 12.0. The van der Waals surface area contributed by atoms with Gasteiger partial charge in [0.15, 0.2) is 0 Å². The summed E-state index contributed by atoms with van der Waals surface area (Å²) >= 11 is 9.14. The van der Waals surface area contributed by atoms with Crippen LogP contribution < -0.4 is 4.72 Å². The van der Waals surface area contributed by atoms with Gasteiger partial charge in [-0.3, -0.25) is 9.52 Å². The third kappa shape index (κ3) is 4.43. The summed E-state index contributed by atoms with van der Waals surface area (Å²) in [6, 6.07) is 0. The molecule has 15 heavy (non-hydrogen) atoms. The molecule has 1 unspecified atom stereocenters. The lowest BCUT2D eigenvalue weighted by atomic mass is 10.5. The maximum Gasteiger partial charge on any atom is 0.280 e. The number of hydrogen-bond acceptors (Lipinski definition) is 6.